The molecule has 1 aliphatic heterocycles. The number of ether oxygens (including phenoxy) is 1. The molecule has 16 heavy (non-hydrogen) atoms. The highest BCUT2D eigenvalue weighted by Crippen LogP contribution is 2.07. The Morgan fingerprint density at radius 1 is 1.38 bits per heavy atom. The largest absolute Gasteiger partial charge is 0.376 e. The summed E-state index contributed by atoms with van der Waals surface area (Å²) in [4.78, 5) is 2.54. The average Bonchev–Trinajstić information content (AvgIpc) is 2.26. The molecule has 1 heterocycles. The molecule has 0 saturated carbocycles. The van der Waals surface area contributed by atoms with E-state index in [9.17, 15) is 0 Å². The first kappa shape index (κ1) is 13.9. The topological polar surface area (TPSA) is 24.5 Å². The van der Waals surface area contributed by atoms with Gasteiger partial charge in [-0.15, -0.1) is 0 Å². The maximum atomic E-state index is 5.57. The first-order chi connectivity index (χ1) is 7.76. The molecule has 1 aliphatic rings. The second-order valence-corrected chi connectivity index (χ2v) is 4.88. The molecule has 0 amide bonds. The van der Waals surface area contributed by atoms with Crippen LogP contribution in [0.25, 0.3) is 0 Å². The fraction of sp³-hybridized carbons (Fsp3) is 1.00. The Labute approximate surface area is 101 Å². The molecule has 0 aliphatic carbocycles. The summed E-state index contributed by atoms with van der Waals surface area (Å²) in [5, 5.41) is 3.65. The van der Waals surface area contributed by atoms with Crippen LogP contribution in [0.1, 0.15) is 40.0 Å². The quantitative estimate of drug-likeness (QED) is 0.720. The van der Waals surface area contributed by atoms with Crippen molar-refractivity contribution in [2.75, 3.05) is 32.8 Å². The zero-order valence-corrected chi connectivity index (χ0v) is 11.2. The average molecular weight is 228 g/mol. The van der Waals surface area contributed by atoms with Crippen LogP contribution in [0.2, 0.25) is 0 Å². The van der Waals surface area contributed by atoms with Crippen molar-refractivity contribution >= 4 is 0 Å². The van der Waals surface area contributed by atoms with Crippen LogP contribution in [-0.2, 0) is 4.74 Å². The van der Waals surface area contributed by atoms with Crippen molar-refractivity contribution in [3.8, 4) is 0 Å². The van der Waals surface area contributed by atoms with Crippen molar-refractivity contribution in [1.82, 2.24) is 10.2 Å². The summed E-state index contributed by atoms with van der Waals surface area (Å²) in [5.74, 6) is 0. The summed E-state index contributed by atoms with van der Waals surface area (Å²) in [6.45, 7) is 12.1. The van der Waals surface area contributed by atoms with Crippen LogP contribution in [0.3, 0.4) is 0 Å². The van der Waals surface area contributed by atoms with Crippen LogP contribution in [0, 0.1) is 0 Å². The second-order valence-electron chi connectivity index (χ2n) is 4.88. The summed E-state index contributed by atoms with van der Waals surface area (Å²) < 4.78 is 5.57. The molecular weight excluding hydrogens is 200 g/mol. The standard InChI is InChI=1S/C13H28N2O/c1-4-6-13(14-7-5-2)11-15-8-9-16-12(3)10-15/h12-14H,4-11H2,1-3H3. The van der Waals surface area contributed by atoms with Crippen LogP contribution >= 0.6 is 0 Å². The molecule has 0 spiro atoms. The summed E-state index contributed by atoms with van der Waals surface area (Å²) in [5.41, 5.74) is 0. The fourth-order valence-electron chi connectivity index (χ4n) is 2.32. The van der Waals surface area contributed by atoms with E-state index in [0.29, 0.717) is 12.1 Å². The van der Waals surface area contributed by atoms with Gasteiger partial charge in [-0.2, -0.15) is 0 Å². The van der Waals surface area contributed by atoms with E-state index in [1.165, 1.54) is 25.8 Å². The first-order valence-corrected chi connectivity index (χ1v) is 6.83. The van der Waals surface area contributed by atoms with E-state index in [0.717, 1.165) is 26.2 Å². The van der Waals surface area contributed by atoms with E-state index >= 15 is 0 Å². The third kappa shape index (κ3) is 5.28. The molecule has 0 bridgehead atoms. The third-order valence-electron chi connectivity index (χ3n) is 3.12. The molecule has 1 N–H and O–H groups in total. The minimum Gasteiger partial charge on any atom is -0.376 e. The molecule has 0 aromatic rings. The van der Waals surface area contributed by atoms with Gasteiger partial charge >= 0.3 is 0 Å². The van der Waals surface area contributed by atoms with Crippen molar-refractivity contribution < 1.29 is 4.74 Å². The maximum Gasteiger partial charge on any atom is 0.0674 e. The number of morpholine rings is 1. The van der Waals surface area contributed by atoms with Crippen LogP contribution in [0.4, 0.5) is 0 Å². The van der Waals surface area contributed by atoms with Crippen molar-refractivity contribution in [2.45, 2.75) is 52.2 Å². The molecule has 0 aromatic heterocycles. The monoisotopic (exact) mass is 228 g/mol. The van der Waals surface area contributed by atoms with Gasteiger partial charge in [0.2, 0.25) is 0 Å². The molecule has 0 aromatic carbocycles. The predicted octanol–water partition coefficient (Wildman–Crippen LogP) is 1.88. The van der Waals surface area contributed by atoms with Crippen molar-refractivity contribution in [3.63, 3.8) is 0 Å². The van der Waals surface area contributed by atoms with Gasteiger partial charge in [0.1, 0.15) is 0 Å². The van der Waals surface area contributed by atoms with Crippen molar-refractivity contribution in [1.29, 1.82) is 0 Å². The Morgan fingerprint density at radius 3 is 2.81 bits per heavy atom. The van der Waals surface area contributed by atoms with Gasteiger partial charge < -0.3 is 10.1 Å². The van der Waals surface area contributed by atoms with Gasteiger partial charge in [-0.05, 0) is 26.3 Å². The Bertz CT molecular complexity index is 175. The third-order valence-corrected chi connectivity index (χ3v) is 3.12. The normalized spacial score (nSPS) is 24.6. The summed E-state index contributed by atoms with van der Waals surface area (Å²) in [6.07, 6.45) is 4.18. The molecule has 3 heteroatoms. The van der Waals surface area contributed by atoms with Gasteiger partial charge in [-0.3, -0.25) is 4.90 Å². The molecule has 3 nitrogen and oxygen atoms in total. The lowest BCUT2D eigenvalue weighted by molar-refractivity contribution is -0.0212. The van der Waals surface area contributed by atoms with E-state index < -0.39 is 0 Å². The number of rotatable bonds is 7. The maximum absolute atomic E-state index is 5.57. The lowest BCUT2D eigenvalue weighted by Crippen LogP contribution is -2.48. The minimum absolute atomic E-state index is 0.405. The Balaban J connectivity index is 2.28. The number of nitrogens with one attached hydrogen (secondary N) is 1. The van der Waals surface area contributed by atoms with Crippen molar-refractivity contribution in [3.05, 3.63) is 0 Å². The zero-order valence-electron chi connectivity index (χ0n) is 11.2. The predicted molar refractivity (Wildman–Crippen MR) is 68.8 cm³/mol. The minimum atomic E-state index is 0.405. The molecule has 96 valence electrons. The van der Waals surface area contributed by atoms with Crippen LogP contribution in [0.5, 0.6) is 0 Å². The Morgan fingerprint density at radius 2 is 2.19 bits per heavy atom. The van der Waals surface area contributed by atoms with Crippen LogP contribution in [-0.4, -0.2) is 49.8 Å². The van der Waals surface area contributed by atoms with E-state index in [1.54, 1.807) is 0 Å². The zero-order chi connectivity index (χ0) is 11.8. The van der Waals surface area contributed by atoms with Crippen LogP contribution < -0.4 is 5.32 Å². The Hall–Kier alpha value is -0.120. The SMILES string of the molecule is CCCNC(CCC)CN1CCOC(C)C1. The molecule has 2 unspecified atom stereocenters. The lowest BCUT2D eigenvalue weighted by Gasteiger charge is -2.34. The number of hydrogen-bond donors (Lipinski definition) is 1. The van der Waals surface area contributed by atoms with Gasteiger partial charge in [-0.25, -0.2) is 0 Å². The highest BCUT2D eigenvalue weighted by Gasteiger charge is 2.19. The highest BCUT2D eigenvalue weighted by atomic mass is 16.5. The van der Waals surface area contributed by atoms with E-state index in [4.69, 9.17) is 4.74 Å². The van der Waals surface area contributed by atoms with Gasteiger partial charge in [-0.1, -0.05) is 20.3 Å². The molecule has 2 atom stereocenters. The summed E-state index contributed by atoms with van der Waals surface area (Å²) >= 11 is 0. The number of hydrogen-bond acceptors (Lipinski definition) is 3. The van der Waals surface area contributed by atoms with E-state index in [2.05, 4.69) is 31.0 Å². The Kier molecular flexibility index (Phi) is 7.01. The summed E-state index contributed by atoms with van der Waals surface area (Å²) in [6, 6.07) is 0.662. The molecule has 1 saturated heterocycles. The molecule has 1 rings (SSSR count). The molecule has 1 fully saturated rings. The molecule has 0 radical (unpaired) electrons. The molecular formula is C13H28N2O. The fourth-order valence-corrected chi connectivity index (χ4v) is 2.32. The summed E-state index contributed by atoms with van der Waals surface area (Å²) in [7, 11) is 0. The van der Waals surface area contributed by atoms with Gasteiger partial charge in [0.05, 0.1) is 12.7 Å². The van der Waals surface area contributed by atoms with Crippen LogP contribution in [0.15, 0.2) is 0 Å². The van der Waals surface area contributed by atoms with Crippen molar-refractivity contribution in [2.24, 2.45) is 0 Å². The smallest absolute Gasteiger partial charge is 0.0674 e. The van der Waals surface area contributed by atoms with Gasteiger partial charge in [0, 0.05) is 25.7 Å². The van der Waals surface area contributed by atoms with Gasteiger partial charge in [0.25, 0.3) is 0 Å². The van der Waals surface area contributed by atoms with E-state index in [-0.39, 0.29) is 0 Å². The second kappa shape index (κ2) is 8.04. The number of nitrogens with zero attached hydrogens (tertiary/aromatic N) is 1. The first-order valence-electron chi connectivity index (χ1n) is 6.83. The lowest BCUT2D eigenvalue weighted by atomic mass is 10.1. The van der Waals surface area contributed by atoms with Gasteiger partial charge in [0.15, 0.2) is 0 Å². The van der Waals surface area contributed by atoms with E-state index in [1.807, 2.05) is 0 Å². The highest BCUT2D eigenvalue weighted by molar-refractivity contribution is 4.75.